The third kappa shape index (κ3) is 2.08. The van der Waals surface area contributed by atoms with Gasteiger partial charge in [-0.1, -0.05) is 6.07 Å². The second-order valence-corrected chi connectivity index (χ2v) is 5.80. The molecule has 5 nitrogen and oxygen atoms in total. The molecule has 0 aromatic carbocycles. The van der Waals surface area contributed by atoms with E-state index in [9.17, 15) is 5.11 Å². The molecule has 1 aliphatic heterocycles. The van der Waals surface area contributed by atoms with Crippen molar-refractivity contribution in [3.63, 3.8) is 0 Å². The molecule has 2 atom stereocenters. The summed E-state index contributed by atoms with van der Waals surface area (Å²) in [5.41, 5.74) is 1.79. The van der Waals surface area contributed by atoms with Gasteiger partial charge >= 0.3 is 0 Å². The molecule has 0 bridgehead atoms. The summed E-state index contributed by atoms with van der Waals surface area (Å²) >= 11 is 0. The molecule has 104 valence electrons. The standard InChI is InChI=1S/C15H18N4O/c20-10-14-11(9-19-5-1-4-16-19)2-3-15(17-14)18-7-12-6-13(12)8-18/h1-5,12-13,20H,6-10H2. The van der Waals surface area contributed by atoms with Gasteiger partial charge in [-0.05, 0) is 36.0 Å². The van der Waals surface area contributed by atoms with E-state index in [0.29, 0.717) is 6.54 Å². The Morgan fingerprint density at radius 1 is 1.25 bits per heavy atom. The molecule has 2 aromatic rings. The Kier molecular flexibility index (Phi) is 2.73. The monoisotopic (exact) mass is 270 g/mol. The maximum Gasteiger partial charge on any atom is 0.128 e. The van der Waals surface area contributed by atoms with Gasteiger partial charge in [0, 0.05) is 25.5 Å². The minimum Gasteiger partial charge on any atom is -0.390 e. The SMILES string of the molecule is OCc1nc(N2CC3CC3C2)ccc1Cn1cccn1. The molecular weight excluding hydrogens is 252 g/mol. The summed E-state index contributed by atoms with van der Waals surface area (Å²) in [5.74, 6) is 2.78. The fourth-order valence-corrected chi connectivity index (χ4v) is 3.13. The Bertz CT molecular complexity index is 600. The van der Waals surface area contributed by atoms with Gasteiger partial charge in [0.05, 0.1) is 18.8 Å². The molecule has 1 aliphatic carbocycles. The van der Waals surface area contributed by atoms with Crippen molar-refractivity contribution in [2.75, 3.05) is 18.0 Å². The van der Waals surface area contributed by atoms with Crippen molar-refractivity contribution >= 4 is 5.82 Å². The molecule has 1 N–H and O–H groups in total. The second kappa shape index (κ2) is 4.59. The van der Waals surface area contributed by atoms with Crippen LogP contribution in [0.25, 0.3) is 0 Å². The number of aliphatic hydroxyl groups excluding tert-OH is 1. The van der Waals surface area contributed by atoms with Crippen LogP contribution in [0.2, 0.25) is 0 Å². The van der Waals surface area contributed by atoms with Gasteiger partial charge in [0.1, 0.15) is 5.82 Å². The molecule has 2 fully saturated rings. The fraction of sp³-hybridized carbons (Fsp3) is 0.467. The van der Waals surface area contributed by atoms with Gasteiger partial charge in [0.25, 0.3) is 0 Å². The van der Waals surface area contributed by atoms with Crippen LogP contribution in [0.15, 0.2) is 30.6 Å². The topological polar surface area (TPSA) is 54.2 Å². The molecule has 2 aromatic heterocycles. The zero-order valence-corrected chi connectivity index (χ0v) is 11.3. The smallest absolute Gasteiger partial charge is 0.128 e. The number of nitrogens with zero attached hydrogens (tertiary/aromatic N) is 4. The van der Waals surface area contributed by atoms with Crippen molar-refractivity contribution in [2.24, 2.45) is 11.8 Å². The maximum atomic E-state index is 9.56. The lowest BCUT2D eigenvalue weighted by Crippen LogP contribution is -2.23. The Morgan fingerprint density at radius 3 is 2.80 bits per heavy atom. The summed E-state index contributed by atoms with van der Waals surface area (Å²) in [6, 6.07) is 6.04. The molecule has 1 saturated carbocycles. The van der Waals surface area contributed by atoms with Crippen molar-refractivity contribution in [3.8, 4) is 0 Å². The van der Waals surface area contributed by atoms with E-state index in [1.165, 1.54) is 6.42 Å². The molecule has 0 amide bonds. The van der Waals surface area contributed by atoms with Crippen molar-refractivity contribution in [2.45, 2.75) is 19.6 Å². The van der Waals surface area contributed by atoms with E-state index < -0.39 is 0 Å². The highest BCUT2D eigenvalue weighted by Gasteiger charge is 2.45. The van der Waals surface area contributed by atoms with Crippen molar-refractivity contribution < 1.29 is 5.11 Å². The van der Waals surface area contributed by atoms with Gasteiger partial charge < -0.3 is 10.0 Å². The number of aromatic nitrogens is 3. The van der Waals surface area contributed by atoms with Crippen LogP contribution in [-0.4, -0.2) is 33.0 Å². The quantitative estimate of drug-likeness (QED) is 0.909. The van der Waals surface area contributed by atoms with Crippen LogP contribution in [0.1, 0.15) is 17.7 Å². The predicted octanol–water partition coefficient (Wildman–Crippen LogP) is 1.27. The van der Waals surface area contributed by atoms with E-state index in [2.05, 4.69) is 27.1 Å². The average Bonchev–Trinajstić information content (AvgIpc) is 2.90. The largest absolute Gasteiger partial charge is 0.390 e. The first-order valence-electron chi connectivity index (χ1n) is 7.15. The van der Waals surface area contributed by atoms with Gasteiger partial charge in [-0.2, -0.15) is 5.10 Å². The molecular formula is C15H18N4O. The first kappa shape index (κ1) is 11.9. The Labute approximate surface area is 117 Å². The molecule has 2 aliphatic rings. The van der Waals surface area contributed by atoms with Crippen LogP contribution in [0, 0.1) is 11.8 Å². The minimum atomic E-state index is -0.0227. The Hall–Kier alpha value is -1.88. The van der Waals surface area contributed by atoms with Gasteiger partial charge in [0.15, 0.2) is 0 Å². The summed E-state index contributed by atoms with van der Waals surface area (Å²) in [6.07, 6.45) is 5.07. The van der Waals surface area contributed by atoms with E-state index in [1.54, 1.807) is 6.20 Å². The number of aliphatic hydroxyl groups is 1. The lowest BCUT2D eigenvalue weighted by atomic mass is 10.2. The van der Waals surface area contributed by atoms with E-state index in [1.807, 2.05) is 16.9 Å². The highest BCUT2D eigenvalue weighted by atomic mass is 16.3. The third-order valence-electron chi connectivity index (χ3n) is 4.40. The predicted molar refractivity (Wildman–Crippen MR) is 75.3 cm³/mol. The van der Waals surface area contributed by atoms with Gasteiger partial charge in [-0.15, -0.1) is 0 Å². The Morgan fingerprint density at radius 2 is 2.10 bits per heavy atom. The molecule has 4 rings (SSSR count). The summed E-state index contributed by atoms with van der Waals surface area (Å²) < 4.78 is 1.85. The van der Waals surface area contributed by atoms with E-state index in [0.717, 1.165) is 42.0 Å². The fourth-order valence-electron chi connectivity index (χ4n) is 3.13. The van der Waals surface area contributed by atoms with Crippen LogP contribution >= 0.6 is 0 Å². The van der Waals surface area contributed by atoms with E-state index in [4.69, 9.17) is 0 Å². The summed E-state index contributed by atoms with van der Waals surface area (Å²) in [4.78, 5) is 6.99. The molecule has 20 heavy (non-hydrogen) atoms. The number of fused-ring (bicyclic) bond motifs is 1. The number of pyridine rings is 1. The van der Waals surface area contributed by atoms with Gasteiger partial charge in [-0.3, -0.25) is 4.68 Å². The first-order chi connectivity index (χ1) is 9.83. The van der Waals surface area contributed by atoms with Crippen molar-refractivity contribution in [1.29, 1.82) is 0 Å². The normalized spacial score (nSPS) is 23.9. The number of anilines is 1. The van der Waals surface area contributed by atoms with Gasteiger partial charge in [-0.25, -0.2) is 4.98 Å². The third-order valence-corrected chi connectivity index (χ3v) is 4.40. The van der Waals surface area contributed by atoms with E-state index >= 15 is 0 Å². The van der Waals surface area contributed by atoms with E-state index in [-0.39, 0.29) is 6.61 Å². The van der Waals surface area contributed by atoms with Crippen LogP contribution in [-0.2, 0) is 13.2 Å². The van der Waals surface area contributed by atoms with Gasteiger partial charge in [0.2, 0.25) is 0 Å². The molecule has 2 unspecified atom stereocenters. The zero-order chi connectivity index (χ0) is 13.5. The minimum absolute atomic E-state index is 0.0227. The molecule has 5 heteroatoms. The van der Waals surface area contributed by atoms with Crippen LogP contribution in [0.5, 0.6) is 0 Å². The highest BCUT2D eigenvalue weighted by molar-refractivity contribution is 5.44. The lowest BCUT2D eigenvalue weighted by molar-refractivity contribution is 0.275. The average molecular weight is 270 g/mol. The second-order valence-electron chi connectivity index (χ2n) is 5.80. The lowest BCUT2D eigenvalue weighted by Gasteiger charge is -2.20. The van der Waals surface area contributed by atoms with Crippen molar-refractivity contribution in [1.82, 2.24) is 14.8 Å². The molecule has 0 spiro atoms. The first-order valence-corrected chi connectivity index (χ1v) is 7.15. The van der Waals surface area contributed by atoms with Crippen LogP contribution in [0.4, 0.5) is 5.82 Å². The summed E-state index contributed by atoms with van der Waals surface area (Å²) in [6.45, 7) is 2.88. The van der Waals surface area contributed by atoms with Crippen LogP contribution in [0.3, 0.4) is 0 Å². The summed E-state index contributed by atoms with van der Waals surface area (Å²) in [7, 11) is 0. The van der Waals surface area contributed by atoms with Crippen molar-refractivity contribution in [3.05, 3.63) is 41.9 Å². The maximum absolute atomic E-state index is 9.56. The number of piperidine rings is 1. The molecule has 1 saturated heterocycles. The number of rotatable bonds is 4. The molecule has 0 radical (unpaired) electrons. The highest BCUT2D eigenvalue weighted by Crippen LogP contribution is 2.45. The molecule has 3 heterocycles. The number of hydrogen-bond acceptors (Lipinski definition) is 4. The van der Waals surface area contributed by atoms with Crippen LogP contribution < -0.4 is 4.90 Å². The number of hydrogen-bond donors (Lipinski definition) is 1. The zero-order valence-electron chi connectivity index (χ0n) is 11.3. The summed E-state index contributed by atoms with van der Waals surface area (Å²) in [5, 5.41) is 13.8. The Balaban J connectivity index is 1.57.